The van der Waals surface area contributed by atoms with Crippen LogP contribution in [0.25, 0.3) is 0 Å². The van der Waals surface area contributed by atoms with Crippen LogP contribution in [0, 0.1) is 23.7 Å². The van der Waals surface area contributed by atoms with Crippen LogP contribution in [0.4, 0.5) is 8.78 Å². The summed E-state index contributed by atoms with van der Waals surface area (Å²) >= 11 is 0. The monoisotopic (exact) mass is 332 g/mol. The normalized spacial score (nSPS) is 42.2. The first-order valence-corrected chi connectivity index (χ1v) is 8.61. The minimum absolute atomic E-state index is 0.0351. The van der Waals surface area contributed by atoms with E-state index < -0.39 is 6.08 Å². The summed E-state index contributed by atoms with van der Waals surface area (Å²) in [7, 11) is 0. The highest BCUT2D eigenvalue weighted by Gasteiger charge is 2.36. The van der Waals surface area contributed by atoms with Gasteiger partial charge in [-0.05, 0) is 50.5 Å². The molecule has 1 aliphatic carbocycles. The molecule has 0 N–H and O–H groups in total. The standard InChI is InChI=1S/C17H26F2O4/c1-11-20-9-15(10-21-11)17-22-7-14(8-23-17)13-4-2-12(3-5-13)6-16(18)19/h6,11-15,17H,2-5,7-10H2,1H3. The molecule has 3 fully saturated rings. The summed E-state index contributed by atoms with van der Waals surface area (Å²) in [6, 6.07) is 0. The molecular formula is C17H26F2O4. The number of hydrogen-bond acceptors (Lipinski definition) is 4. The Bertz CT molecular complexity index is 389. The van der Waals surface area contributed by atoms with Gasteiger partial charge in [0, 0.05) is 5.92 Å². The Balaban J connectivity index is 1.40. The van der Waals surface area contributed by atoms with Crippen molar-refractivity contribution in [3.8, 4) is 0 Å². The molecule has 0 bridgehead atoms. The second-order valence-corrected chi connectivity index (χ2v) is 6.92. The zero-order valence-corrected chi connectivity index (χ0v) is 13.6. The molecule has 0 amide bonds. The molecule has 0 spiro atoms. The van der Waals surface area contributed by atoms with Gasteiger partial charge in [0.2, 0.25) is 0 Å². The van der Waals surface area contributed by atoms with Crippen LogP contribution in [-0.2, 0) is 18.9 Å². The molecule has 0 unspecified atom stereocenters. The molecule has 3 rings (SSSR count). The highest BCUT2D eigenvalue weighted by atomic mass is 19.3. The first kappa shape index (κ1) is 17.3. The number of hydrogen-bond donors (Lipinski definition) is 0. The van der Waals surface area contributed by atoms with Crippen LogP contribution in [-0.4, -0.2) is 39.0 Å². The lowest BCUT2D eigenvalue weighted by molar-refractivity contribution is -0.280. The van der Waals surface area contributed by atoms with Crippen molar-refractivity contribution < 1.29 is 27.7 Å². The predicted octanol–water partition coefficient (Wildman–Crippen LogP) is 3.57. The van der Waals surface area contributed by atoms with E-state index >= 15 is 0 Å². The van der Waals surface area contributed by atoms with Gasteiger partial charge in [-0.25, -0.2) is 0 Å². The summed E-state index contributed by atoms with van der Waals surface area (Å²) in [6.07, 6.45) is 2.79. The van der Waals surface area contributed by atoms with Crippen LogP contribution >= 0.6 is 0 Å². The van der Waals surface area contributed by atoms with Crippen LogP contribution in [0.2, 0.25) is 0 Å². The van der Waals surface area contributed by atoms with E-state index in [2.05, 4.69) is 0 Å². The maximum Gasteiger partial charge on any atom is 0.266 e. The molecule has 23 heavy (non-hydrogen) atoms. The Hall–Kier alpha value is -0.560. The first-order valence-electron chi connectivity index (χ1n) is 8.61. The van der Waals surface area contributed by atoms with Gasteiger partial charge in [-0.1, -0.05) is 0 Å². The van der Waals surface area contributed by atoms with Crippen molar-refractivity contribution in [3.05, 3.63) is 12.2 Å². The summed E-state index contributed by atoms with van der Waals surface area (Å²) in [5.74, 6) is 1.05. The average Bonchev–Trinajstić information content (AvgIpc) is 2.56. The molecular weight excluding hydrogens is 306 g/mol. The lowest BCUT2D eigenvalue weighted by Crippen LogP contribution is -2.45. The molecule has 0 aromatic rings. The van der Waals surface area contributed by atoms with Gasteiger partial charge in [0.05, 0.1) is 32.3 Å². The van der Waals surface area contributed by atoms with Crippen LogP contribution < -0.4 is 0 Å². The smallest absolute Gasteiger partial charge is 0.266 e. The quantitative estimate of drug-likeness (QED) is 0.792. The van der Waals surface area contributed by atoms with Gasteiger partial charge >= 0.3 is 0 Å². The van der Waals surface area contributed by atoms with Crippen molar-refractivity contribution in [2.24, 2.45) is 23.7 Å². The number of halogens is 2. The SMILES string of the molecule is CC1OCC(C2OCC(C3CCC(C=C(F)F)CC3)CO2)CO1. The summed E-state index contributed by atoms with van der Waals surface area (Å²) < 4.78 is 47.4. The number of allylic oxidation sites excluding steroid dienone is 1. The third kappa shape index (κ3) is 4.72. The van der Waals surface area contributed by atoms with Crippen LogP contribution in [0.3, 0.4) is 0 Å². The van der Waals surface area contributed by atoms with E-state index in [-0.39, 0.29) is 24.4 Å². The number of ether oxygens (including phenoxy) is 4. The summed E-state index contributed by atoms with van der Waals surface area (Å²) in [4.78, 5) is 0. The topological polar surface area (TPSA) is 36.9 Å². The Morgan fingerprint density at radius 3 is 1.91 bits per heavy atom. The van der Waals surface area contributed by atoms with Crippen molar-refractivity contribution in [2.75, 3.05) is 26.4 Å². The minimum Gasteiger partial charge on any atom is -0.352 e. The maximum atomic E-state index is 12.3. The molecule has 0 aromatic carbocycles. The molecule has 1 saturated carbocycles. The third-order valence-electron chi connectivity index (χ3n) is 5.27. The molecule has 2 aliphatic heterocycles. The van der Waals surface area contributed by atoms with E-state index in [1.165, 1.54) is 0 Å². The van der Waals surface area contributed by atoms with Gasteiger partial charge < -0.3 is 18.9 Å². The average molecular weight is 332 g/mol. The molecule has 2 saturated heterocycles. The van der Waals surface area contributed by atoms with Gasteiger partial charge in [0.25, 0.3) is 6.08 Å². The summed E-state index contributed by atoms with van der Waals surface area (Å²) in [5, 5.41) is 0. The second kappa shape index (κ2) is 8.01. The molecule has 6 heteroatoms. The fourth-order valence-corrected chi connectivity index (χ4v) is 3.81. The Morgan fingerprint density at radius 1 is 0.783 bits per heavy atom. The summed E-state index contributed by atoms with van der Waals surface area (Å²) in [6.45, 7) is 4.44. The molecule has 2 heterocycles. The van der Waals surface area contributed by atoms with E-state index in [0.29, 0.717) is 38.3 Å². The molecule has 132 valence electrons. The summed E-state index contributed by atoms with van der Waals surface area (Å²) in [5.41, 5.74) is 0. The highest BCUT2D eigenvalue weighted by Crippen LogP contribution is 2.37. The van der Waals surface area contributed by atoms with Gasteiger partial charge in [0.15, 0.2) is 12.6 Å². The van der Waals surface area contributed by atoms with Gasteiger partial charge in [-0.2, -0.15) is 8.78 Å². The van der Waals surface area contributed by atoms with Crippen LogP contribution in [0.15, 0.2) is 12.2 Å². The van der Waals surface area contributed by atoms with E-state index in [4.69, 9.17) is 18.9 Å². The maximum absolute atomic E-state index is 12.3. The fraction of sp³-hybridized carbons (Fsp3) is 0.882. The minimum atomic E-state index is -1.55. The van der Waals surface area contributed by atoms with E-state index in [9.17, 15) is 8.78 Å². The first-order chi connectivity index (χ1) is 11.1. The Labute approximate surface area is 136 Å². The molecule has 0 aromatic heterocycles. The predicted molar refractivity (Wildman–Crippen MR) is 79.8 cm³/mol. The van der Waals surface area contributed by atoms with Crippen molar-refractivity contribution >= 4 is 0 Å². The van der Waals surface area contributed by atoms with E-state index in [1.54, 1.807) is 0 Å². The van der Waals surface area contributed by atoms with E-state index in [1.807, 2.05) is 6.92 Å². The largest absolute Gasteiger partial charge is 0.352 e. The lowest BCUT2D eigenvalue weighted by atomic mass is 9.76. The fourth-order valence-electron chi connectivity index (χ4n) is 3.81. The third-order valence-corrected chi connectivity index (χ3v) is 5.27. The van der Waals surface area contributed by atoms with Gasteiger partial charge in [-0.15, -0.1) is 0 Å². The van der Waals surface area contributed by atoms with Crippen molar-refractivity contribution in [3.63, 3.8) is 0 Å². The Morgan fingerprint density at radius 2 is 1.35 bits per heavy atom. The second-order valence-electron chi connectivity index (χ2n) is 6.92. The zero-order valence-electron chi connectivity index (χ0n) is 13.6. The van der Waals surface area contributed by atoms with Gasteiger partial charge in [-0.3, -0.25) is 0 Å². The number of rotatable bonds is 3. The van der Waals surface area contributed by atoms with Crippen LogP contribution in [0.1, 0.15) is 32.6 Å². The highest BCUT2D eigenvalue weighted by molar-refractivity contribution is 4.92. The molecule has 0 radical (unpaired) electrons. The van der Waals surface area contributed by atoms with E-state index in [0.717, 1.165) is 31.8 Å². The Kier molecular flexibility index (Phi) is 6.01. The zero-order chi connectivity index (χ0) is 16.2. The van der Waals surface area contributed by atoms with Crippen LogP contribution in [0.5, 0.6) is 0 Å². The lowest BCUT2D eigenvalue weighted by Gasteiger charge is -2.40. The van der Waals surface area contributed by atoms with Crippen molar-refractivity contribution in [1.29, 1.82) is 0 Å². The molecule has 4 nitrogen and oxygen atoms in total. The van der Waals surface area contributed by atoms with Gasteiger partial charge in [0.1, 0.15) is 0 Å². The van der Waals surface area contributed by atoms with Crippen molar-refractivity contribution in [1.82, 2.24) is 0 Å². The molecule has 3 aliphatic rings. The van der Waals surface area contributed by atoms with Crippen molar-refractivity contribution in [2.45, 2.75) is 45.2 Å². The molecule has 0 atom stereocenters.